The van der Waals surface area contributed by atoms with Crippen LogP contribution in [0.4, 0.5) is 5.82 Å². The minimum Gasteiger partial charge on any atom is -0.454 e. The Balaban J connectivity index is 1.67. The lowest BCUT2D eigenvalue weighted by molar-refractivity contribution is -0.122. The molecule has 9 nitrogen and oxygen atoms in total. The van der Waals surface area contributed by atoms with Gasteiger partial charge in [-0.15, -0.1) is 0 Å². The molecule has 1 aliphatic heterocycles. The van der Waals surface area contributed by atoms with E-state index in [2.05, 4.69) is 20.3 Å². The lowest BCUT2D eigenvalue weighted by Crippen LogP contribution is -2.40. The van der Waals surface area contributed by atoms with Crippen molar-refractivity contribution in [2.24, 2.45) is 0 Å². The second-order valence-corrected chi connectivity index (χ2v) is 9.11. The second kappa shape index (κ2) is 7.67. The highest BCUT2D eigenvalue weighted by Crippen LogP contribution is 2.40. The average molecular weight is 429 g/mol. The standard InChI is InChI=1S/C20H24N6O3S/c1-11-7-12-13(29-10-28-12)8-14(11)30-19-24-16-17(21)22-9-23-18(16)26(19)6-5-15(27)25-20(2,3)4/h7-9H,5-6,10H2,1-4H3,(H,25,27)(H2,21,22,23). The van der Waals surface area contributed by atoms with E-state index in [4.69, 9.17) is 15.2 Å². The van der Waals surface area contributed by atoms with Gasteiger partial charge in [0.2, 0.25) is 12.7 Å². The van der Waals surface area contributed by atoms with Gasteiger partial charge in [0.25, 0.3) is 0 Å². The summed E-state index contributed by atoms with van der Waals surface area (Å²) >= 11 is 1.47. The van der Waals surface area contributed by atoms with E-state index in [0.717, 1.165) is 16.2 Å². The number of carbonyl (C=O) groups excluding carboxylic acids is 1. The number of rotatable bonds is 5. The highest BCUT2D eigenvalue weighted by atomic mass is 32.2. The van der Waals surface area contributed by atoms with Crippen LogP contribution in [0, 0.1) is 6.92 Å². The van der Waals surface area contributed by atoms with Gasteiger partial charge in [0.05, 0.1) is 0 Å². The average Bonchev–Trinajstić information content (AvgIpc) is 3.23. The van der Waals surface area contributed by atoms with Crippen molar-refractivity contribution in [3.63, 3.8) is 0 Å². The Kier molecular flexibility index (Phi) is 5.19. The number of benzene rings is 1. The maximum absolute atomic E-state index is 12.4. The van der Waals surface area contributed by atoms with Crippen molar-refractivity contribution >= 4 is 34.7 Å². The first kappa shape index (κ1) is 20.3. The monoisotopic (exact) mass is 428 g/mol. The summed E-state index contributed by atoms with van der Waals surface area (Å²) in [6.45, 7) is 8.50. The van der Waals surface area contributed by atoms with E-state index in [0.29, 0.717) is 40.9 Å². The predicted octanol–water partition coefficient (Wildman–Crippen LogP) is 2.90. The Labute approximate surface area is 178 Å². The third kappa shape index (κ3) is 4.13. The molecule has 30 heavy (non-hydrogen) atoms. The summed E-state index contributed by atoms with van der Waals surface area (Å²) in [6.07, 6.45) is 1.70. The van der Waals surface area contributed by atoms with Crippen LogP contribution in [0.1, 0.15) is 32.8 Å². The molecule has 0 saturated carbocycles. The number of carbonyl (C=O) groups is 1. The number of ether oxygens (including phenoxy) is 2. The predicted molar refractivity (Wildman–Crippen MR) is 114 cm³/mol. The minimum atomic E-state index is -0.290. The molecule has 3 heterocycles. The number of amides is 1. The summed E-state index contributed by atoms with van der Waals surface area (Å²) in [7, 11) is 0. The number of aromatic nitrogens is 4. The number of imidazole rings is 1. The lowest BCUT2D eigenvalue weighted by Gasteiger charge is -2.20. The summed E-state index contributed by atoms with van der Waals surface area (Å²) in [5.41, 5.74) is 7.89. The first-order valence-electron chi connectivity index (χ1n) is 9.57. The highest BCUT2D eigenvalue weighted by molar-refractivity contribution is 7.99. The fourth-order valence-corrected chi connectivity index (χ4v) is 4.15. The topological polar surface area (TPSA) is 117 Å². The molecule has 3 aromatic rings. The van der Waals surface area contributed by atoms with Crippen molar-refractivity contribution in [3.05, 3.63) is 24.0 Å². The molecule has 158 valence electrons. The fourth-order valence-electron chi connectivity index (χ4n) is 3.14. The van der Waals surface area contributed by atoms with Crippen molar-refractivity contribution in [1.82, 2.24) is 24.8 Å². The number of nitrogen functional groups attached to an aromatic ring is 1. The maximum Gasteiger partial charge on any atom is 0.231 e. The first-order valence-corrected chi connectivity index (χ1v) is 10.4. The maximum atomic E-state index is 12.4. The number of aryl methyl sites for hydroxylation is 2. The van der Waals surface area contributed by atoms with Crippen LogP contribution in [0.5, 0.6) is 11.5 Å². The third-order valence-electron chi connectivity index (χ3n) is 4.47. The smallest absolute Gasteiger partial charge is 0.231 e. The molecule has 1 aliphatic rings. The van der Waals surface area contributed by atoms with Crippen LogP contribution >= 0.6 is 11.8 Å². The number of nitrogens with one attached hydrogen (secondary N) is 1. The molecule has 4 rings (SSSR count). The molecule has 0 fully saturated rings. The first-order chi connectivity index (χ1) is 14.2. The molecule has 1 amide bonds. The van der Waals surface area contributed by atoms with Crippen LogP contribution in [0.25, 0.3) is 11.2 Å². The van der Waals surface area contributed by atoms with Crippen LogP contribution in [0.15, 0.2) is 28.5 Å². The van der Waals surface area contributed by atoms with E-state index in [1.165, 1.54) is 18.1 Å². The minimum absolute atomic E-state index is 0.0402. The van der Waals surface area contributed by atoms with Gasteiger partial charge < -0.3 is 25.1 Å². The van der Waals surface area contributed by atoms with Gasteiger partial charge in [0, 0.05) is 23.4 Å². The Morgan fingerprint density at radius 1 is 1.27 bits per heavy atom. The SMILES string of the molecule is Cc1cc2c(cc1Sc1nc3c(N)ncnc3n1CCC(=O)NC(C)(C)C)OCO2. The van der Waals surface area contributed by atoms with Crippen molar-refractivity contribution in [2.75, 3.05) is 12.5 Å². The molecule has 2 aromatic heterocycles. The summed E-state index contributed by atoms with van der Waals surface area (Å²) in [5.74, 6) is 1.71. The Bertz CT molecular complexity index is 1120. The Morgan fingerprint density at radius 2 is 2.00 bits per heavy atom. The van der Waals surface area contributed by atoms with Gasteiger partial charge in [-0.1, -0.05) is 11.8 Å². The molecule has 0 saturated heterocycles. The zero-order chi connectivity index (χ0) is 21.5. The largest absolute Gasteiger partial charge is 0.454 e. The van der Waals surface area contributed by atoms with E-state index < -0.39 is 0 Å². The van der Waals surface area contributed by atoms with Gasteiger partial charge in [0.15, 0.2) is 33.6 Å². The van der Waals surface area contributed by atoms with E-state index >= 15 is 0 Å². The molecule has 0 unspecified atom stereocenters. The second-order valence-electron chi connectivity index (χ2n) is 8.10. The van der Waals surface area contributed by atoms with Gasteiger partial charge in [-0.05, 0) is 45.4 Å². The van der Waals surface area contributed by atoms with Gasteiger partial charge in [-0.3, -0.25) is 4.79 Å². The number of hydrogen-bond acceptors (Lipinski definition) is 8. The molecule has 1 aromatic carbocycles. The molecule has 3 N–H and O–H groups in total. The molecular formula is C20H24N6O3S. The quantitative estimate of drug-likeness (QED) is 0.637. The zero-order valence-corrected chi connectivity index (χ0v) is 18.2. The van der Waals surface area contributed by atoms with Crippen molar-refractivity contribution in [1.29, 1.82) is 0 Å². The summed E-state index contributed by atoms with van der Waals surface area (Å²) < 4.78 is 12.9. The van der Waals surface area contributed by atoms with E-state index in [9.17, 15) is 4.79 Å². The number of hydrogen-bond donors (Lipinski definition) is 2. The number of nitrogens with two attached hydrogens (primary N) is 1. The normalized spacial score (nSPS) is 13.1. The highest BCUT2D eigenvalue weighted by Gasteiger charge is 2.21. The number of fused-ring (bicyclic) bond motifs is 2. The lowest BCUT2D eigenvalue weighted by atomic mass is 10.1. The van der Waals surface area contributed by atoms with Crippen LogP contribution in [-0.4, -0.2) is 37.8 Å². The molecule has 0 atom stereocenters. The van der Waals surface area contributed by atoms with Crippen molar-refractivity contribution < 1.29 is 14.3 Å². The van der Waals surface area contributed by atoms with E-state index in [1.54, 1.807) is 0 Å². The van der Waals surface area contributed by atoms with Gasteiger partial charge >= 0.3 is 0 Å². The van der Waals surface area contributed by atoms with Crippen LogP contribution < -0.4 is 20.5 Å². The molecule has 10 heteroatoms. The molecule has 0 aliphatic carbocycles. The summed E-state index contributed by atoms with van der Waals surface area (Å²) in [6, 6.07) is 3.88. The summed E-state index contributed by atoms with van der Waals surface area (Å²) in [4.78, 5) is 26.4. The van der Waals surface area contributed by atoms with Crippen molar-refractivity contribution in [3.8, 4) is 11.5 Å². The van der Waals surface area contributed by atoms with Crippen LogP contribution in [-0.2, 0) is 11.3 Å². The Hall–Kier alpha value is -3.01. The van der Waals surface area contributed by atoms with Gasteiger partial charge in [-0.25, -0.2) is 15.0 Å². The summed E-state index contributed by atoms with van der Waals surface area (Å²) in [5, 5.41) is 3.66. The van der Waals surface area contributed by atoms with Gasteiger partial charge in [-0.2, -0.15) is 0 Å². The number of nitrogens with zero attached hydrogens (tertiary/aromatic N) is 4. The molecule has 0 bridgehead atoms. The van der Waals surface area contributed by atoms with E-state index in [-0.39, 0.29) is 18.2 Å². The Morgan fingerprint density at radius 3 is 2.73 bits per heavy atom. The molecular weight excluding hydrogens is 404 g/mol. The van der Waals surface area contributed by atoms with Crippen LogP contribution in [0.3, 0.4) is 0 Å². The zero-order valence-electron chi connectivity index (χ0n) is 17.4. The third-order valence-corrected chi connectivity index (χ3v) is 5.63. The van der Waals surface area contributed by atoms with Gasteiger partial charge in [0.1, 0.15) is 6.33 Å². The molecule has 0 radical (unpaired) electrons. The fraction of sp³-hybridized carbons (Fsp3) is 0.400. The van der Waals surface area contributed by atoms with Crippen LogP contribution in [0.2, 0.25) is 0 Å². The van der Waals surface area contributed by atoms with Crippen molar-refractivity contribution in [2.45, 2.75) is 56.3 Å². The number of anilines is 1. The van der Waals surface area contributed by atoms with E-state index in [1.807, 2.05) is 44.4 Å². The molecule has 0 spiro atoms.